The molecule has 0 radical (unpaired) electrons. The maximum atomic E-state index is 13.1. The van der Waals surface area contributed by atoms with Crippen molar-refractivity contribution in [3.05, 3.63) is 60.0 Å². The van der Waals surface area contributed by atoms with Gasteiger partial charge in [-0.25, -0.2) is 4.39 Å². The van der Waals surface area contributed by atoms with Crippen LogP contribution in [0, 0.1) is 11.7 Å². The van der Waals surface area contributed by atoms with Crippen molar-refractivity contribution in [2.75, 3.05) is 6.54 Å². The molecule has 2 aromatic carbocycles. The number of fused-ring (bicyclic) bond motifs is 1. The number of carbonyl (C=O) groups excluding carboxylic acids is 1. The van der Waals surface area contributed by atoms with E-state index in [1.807, 2.05) is 24.3 Å². The summed E-state index contributed by atoms with van der Waals surface area (Å²) in [5.41, 5.74) is 15.4. The second kappa shape index (κ2) is 9.20. The zero-order valence-electron chi connectivity index (χ0n) is 16.9. The van der Waals surface area contributed by atoms with Crippen LogP contribution in [0.5, 0.6) is 0 Å². The molecule has 5 nitrogen and oxygen atoms in total. The van der Waals surface area contributed by atoms with Crippen molar-refractivity contribution in [3.63, 3.8) is 0 Å². The number of hydrogen-bond acceptors (Lipinski definition) is 3. The summed E-state index contributed by atoms with van der Waals surface area (Å²) in [5, 5.41) is 3.83. The lowest BCUT2D eigenvalue weighted by Gasteiger charge is -2.18. The van der Waals surface area contributed by atoms with Crippen LogP contribution in [-0.2, 0) is 0 Å². The second-order valence-corrected chi connectivity index (χ2v) is 7.95. The topological polar surface area (TPSA) is 96.9 Å². The van der Waals surface area contributed by atoms with Crippen LogP contribution >= 0.6 is 0 Å². The van der Waals surface area contributed by atoms with Crippen molar-refractivity contribution in [1.82, 2.24) is 10.3 Å². The molecule has 2 atom stereocenters. The van der Waals surface area contributed by atoms with Crippen molar-refractivity contribution in [3.8, 4) is 11.1 Å². The van der Waals surface area contributed by atoms with Gasteiger partial charge in [-0.1, -0.05) is 38.1 Å². The Balaban J connectivity index is 1.62. The number of carbonyl (C=O) groups is 1. The summed E-state index contributed by atoms with van der Waals surface area (Å²) in [6.07, 6.45) is 1.61. The number of nitrogens with one attached hydrogen (secondary N) is 2. The number of halogens is 1. The van der Waals surface area contributed by atoms with E-state index < -0.39 is 0 Å². The molecule has 154 valence electrons. The largest absolute Gasteiger partial charge is 0.351 e. The smallest absolute Gasteiger partial charge is 0.267 e. The summed E-state index contributed by atoms with van der Waals surface area (Å²) in [7, 11) is 0. The quantitative estimate of drug-likeness (QED) is 0.466. The molecule has 29 heavy (non-hydrogen) atoms. The third kappa shape index (κ3) is 5.43. The molecule has 0 aliphatic heterocycles. The number of aromatic amines is 1. The van der Waals surface area contributed by atoms with E-state index in [-0.39, 0.29) is 23.8 Å². The average molecular weight is 397 g/mol. The van der Waals surface area contributed by atoms with E-state index in [2.05, 4.69) is 24.1 Å². The van der Waals surface area contributed by atoms with E-state index in [9.17, 15) is 9.18 Å². The van der Waals surface area contributed by atoms with Crippen molar-refractivity contribution in [2.24, 2.45) is 17.4 Å². The van der Waals surface area contributed by atoms with Crippen molar-refractivity contribution in [2.45, 2.75) is 38.8 Å². The van der Waals surface area contributed by atoms with Crippen LogP contribution in [0.4, 0.5) is 4.39 Å². The van der Waals surface area contributed by atoms with Gasteiger partial charge in [-0.05, 0) is 54.2 Å². The molecular weight excluding hydrogens is 367 g/mol. The Kier molecular flexibility index (Phi) is 6.67. The second-order valence-electron chi connectivity index (χ2n) is 7.95. The highest BCUT2D eigenvalue weighted by Crippen LogP contribution is 2.25. The third-order valence-electron chi connectivity index (χ3n) is 5.30. The lowest BCUT2D eigenvalue weighted by Crippen LogP contribution is -2.39. The van der Waals surface area contributed by atoms with Crippen LogP contribution in [-0.4, -0.2) is 29.5 Å². The van der Waals surface area contributed by atoms with Gasteiger partial charge in [-0.2, -0.15) is 0 Å². The van der Waals surface area contributed by atoms with Crippen LogP contribution in [0.25, 0.3) is 22.0 Å². The van der Waals surface area contributed by atoms with Gasteiger partial charge < -0.3 is 21.8 Å². The van der Waals surface area contributed by atoms with Crippen molar-refractivity contribution in [1.29, 1.82) is 0 Å². The Labute approximate surface area is 170 Å². The van der Waals surface area contributed by atoms with Gasteiger partial charge in [0, 0.05) is 29.5 Å². The highest BCUT2D eigenvalue weighted by Gasteiger charge is 2.14. The van der Waals surface area contributed by atoms with E-state index in [1.165, 1.54) is 12.1 Å². The molecule has 3 rings (SSSR count). The van der Waals surface area contributed by atoms with E-state index >= 15 is 0 Å². The molecule has 0 fully saturated rings. The van der Waals surface area contributed by atoms with Gasteiger partial charge in [0.1, 0.15) is 11.5 Å². The fourth-order valence-corrected chi connectivity index (χ4v) is 3.23. The molecule has 2 unspecified atom stereocenters. The highest BCUT2D eigenvalue weighted by molar-refractivity contribution is 5.98. The van der Waals surface area contributed by atoms with E-state index in [0.29, 0.717) is 18.2 Å². The fraction of sp³-hybridized carbons (Fsp3) is 0.348. The molecular formula is C23H29FN4O. The monoisotopic (exact) mass is 396 g/mol. The van der Waals surface area contributed by atoms with Crippen LogP contribution in [0.15, 0.2) is 48.5 Å². The molecule has 0 saturated carbocycles. The first-order valence-corrected chi connectivity index (χ1v) is 10.0. The minimum atomic E-state index is -0.266. The van der Waals surface area contributed by atoms with Gasteiger partial charge in [0.25, 0.3) is 5.91 Å². The van der Waals surface area contributed by atoms with Crippen LogP contribution in [0.3, 0.4) is 0 Å². The molecule has 0 spiro atoms. The summed E-state index contributed by atoms with van der Waals surface area (Å²) in [6, 6.07) is 14.0. The molecule has 0 aliphatic carbocycles. The summed E-state index contributed by atoms with van der Waals surface area (Å²) in [6.45, 7) is 4.59. The number of rotatable bonds is 8. The molecule has 0 bridgehead atoms. The molecule has 0 saturated heterocycles. The standard InChI is InChI=1S/C23H29FN4O/c1-14(2)20(26)10-9-19(25)13-27-23(29)22-12-17-4-3-16(11-21(17)28-22)15-5-7-18(24)8-6-15/h3-8,11-12,14,19-20,28H,9-10,13,25-26H2,1-2H3,(H,27,29). The van der Waals surface area contributed by atoms with Gasteiger partial charge in [-0.3, -0.25) is 4.79 Å². The predicted molar refractivity (Wildman–Crippen MR) is 116 cm³/mol. The average Bonchev–Trinajstić information content (AvgIpc) is 3.14. The fourth-order valence-electron chi connectivity index (χ4n) is 3.23. The number of benzene rings is 2. The Morgan fingerprint density at radius 2 is 1.72 bits per heavy atom. The lowest BCUT2D eigenvalue weighted by molar-refractivity contribution is 0.0946. The minimum absolute atomic E-state index is 0.126. The predicted octanol–water partition coefficient (Wildman–Crippen LogP) is 3.79. The van der Waals surface area contributed by atoms with Gasteiger partial charge >= 0.3 is 0 Å². The summed E-state index contributed by atoms with van der Waals surface area (Å²) in [5.74, 6) is -0.0332. The molecule has 1 amide bonds. The zero-order chi connectivity index (χ0) is 21.0. The van der Waals surface area contributed by atoms with E-state index in [1.54, 1.807) is 12.1 Å². The Bertz CT molecular complexity index is 965. The molecule has 1 heterocycles. The molecule has 6 N–H and O–H groups in total. The third-order valence-corrected chi connectivity index (χ3v) is 5.30. The van der Waals surface area contributed by atoms with Gasteiger partial charge in [0.05, 0.1) is 0 Å². The van der Waals surface area contributed by atoms with Crippen LogP contribution in [0.1, 0.15) is 37.2 Å². The maximum absolute atomic E-state index is 13.1. The first kappa shape index (κ1) is 21.0. The normalized spacial score (nSPS) is 13.6. The Morgan fingerprint density at radius 1 is 1.03 bits per heavy atom. The number of nitrogens with two attached hydrogens (primary N) is 2. The van der Waals surface area contributed by atoms with Gasteiger partial charge in [0.2, 0.25) is 0 Å². The molecule has 0 aliphatic rings. The Hall–Kier alpha value is -2.70. The van der Waals surface area contributed by atoms with Crippen molar-refractivity contribution >= 4 is 16.8 Å². The van der Waals surface area contributed by atoms with E-state index in [4.69, 9.17) is 11.5 Å². The Morgan fingerprint density at radius 3 is 2.41 bits per heavy atom. The first-order valence-electron chi connectivity index (χ1n) is 10.0. The number of H-pyrrole nitrogens is 1. The SMILES string of the molecule is CC(C)C(N)CCC(N)CNC(=O)c1cc2ccc(-c3ccc(F)cc3)cc2[nH]1. The molecule has 1 aromatic heterocycles. The molecule has 6 heteroatoms. The van der Waals surface area contributed by atoms with Gasteiger partial charge in [-0.15, -0.1) is 0 Å². The minimum Gasteiger partial charge on any atom is -0.351 e. The summed E-state index contributed by atoms with van der Waals surface area (Å²) < 4.78 is 13.1. The van der Waals surface area contributed by atoms with Crippen molar-refractivity contribution < 1.29 is 9.18 Å². The zero-order valence-corrected chi connectivity index (χ0v) is 16.9. The maximum Gasteiger partial charge on any atom is 0.267 e. The summed E-state index contributed by atoms with van der Waals surface area (Å²) in [4.78, 5) is 15.7. The molecule has 3 aromatic rings. The number of amides is 1. The lowest BCUT2D eigenvalue weighted by atomic mass is 9.98. The van der Waals surface area contributed by atoms with E-state index in [0.717, 1.165) is 34.9 Å². The first-order chi connectivity index (χ1) is 13.8. The number of aromatic nitrogens is 1. The van der Waals surface area contributed by atoms with Crippen LogP contribution in [0.2, 0.25) is 0 Å². The van der Waals surface area contributed by atoms with Gasteiger partial charge in [0.15, 0.2) is 0 Å². The highest BCUT2D eigenvalue weighted by atomic mass is 19.1. The summed E-state index contributed by atoms with van der Waals surface area (Å²) >= 11 is 0. The van der Waals surface area contributed by atoms with Crippen LogP contribution < -0.4 is 16.8 Å². The number of hydrogen-bond donors (Lipinski definition) is 4.